The van der Waals surface area contributed by atoms with Gasteiger partial charge < -0.3 is 19.7 Å². The van der Waals surface area contributed by atoms with Crippen LogP contribution in [0.15, 0.2) is 24.3 Å². The molecule has 1 rings (SSSR count). The molecule has 0 aliphatic carbocycles. The number of carboxylic acids is 2. The number of carbonyl (C=O) groups excluding carboxylic acids is 1. The van der Waals surface area contributed by atoms with Crippen LogP contribution in [0.4, 0.5) is 10.5 Å². The minimum atomic E-state index is -2.41. The summed E-state index contributed by atoms with van der Waals surface area (Å²) in [5.74, 6) is -3.16. The van der Waals surface area contributed by atoms with Crippen molar-refractivity contribution in [3.05, 3.63) is 29.8 Å². The normalized spacial score (nSPS) is 11.0. The van der Waals surface area contributed by atoms with Crippen molar-refractivity contribution in [2.45, 2.75) is 59.2 Å². The molecule has 0 aromatic heterocycles. The van der Waals surface area contributed by atoms with Crippen molar-refractivity contribution in [2.24, 2.45) is 0 Å². The van der Waals surface area contributed by atoms with Crippen LogP contribution < -0.4 is 5.32 Å². The molecule has 0 unspecified atom stereocenters. The van der Waals surface area contributed by atoms with Crippen LogP contribution in [0.5, 0.6) is 0 Å². The van der Waals surface area contributed by atoms with Gasteiger partial charge >= 0.3 is 18.0 Å². The van der Waals surface area contributed by atoms with Gasteiger partial charge in [0.15, 0.2) is 0 Å². The van der Waals surface area contributed by atoms with E-state index in [1.165, 1.54) is 24.3 Å². The summed E-state index contributed by atoms with van der Waals surface area (Å²) in [5.41, 5.74) is -2.50. The molecular weight excluding hydrogens is 354 g/mol. The quantitative estimate of drug-likeness (QED) is 0.615. The maximum atomic E-state index is 11.6. The Morgan fingerprint density at radius 3 is 1.85 bits per heavy atom. The van der Waals surface area contributed by atoms with Crippen molar-refractivity contribution in [1.82, 2.24) is 0 Å². The molecule has 0 saturated carbocycles. The van der Waals surface area contributed by atoms with E-state index in [9.17, 15) is 24.6 Å². The molecule has 152 valence electrons. The van der Waals surface area contributed by atoms with Gasteiger partial charge in [-0.25, -0.2) is 14.4 Å². The lowest BCUT2D eigenvalue weighted by Gasteiger charge is -2.33. The Morgan fingerprint density at radius 1 is 1.00 bits per heavy atom. The average Bonchev–Trinajstić information content (AvgIpc) is 2.56. The van der Waals surface area contributed by atoms with E-state index >= 15 is 0 Å². The topological polar surface area (TPSA) is 122 Å². The predicted molar refractivity (Wildman–Crippen MR) is 101 cm³/mol. The van der Waals surface area contributed by atoms with E-state index in [1.54, 1.807) is 27.7 Å². The Kier molecular flexibility index (Phi) is 9.50. The van der Waals surface area contributed by atoms with Crippen molar-refractivity contribution in [1.29, 1.82) is 0 Å². The highest BCUT2D eigenvalue weighted by Crippen LogP contribution is 2.26. The van der Waals surface area contributed by atoms with Gasteiger partial charge in [0.1, 0.15) is 0 Å². The Labute approximate surface area is 159 Å². The second kappa shape index (κ2) is 10.5. The fourth-order valence-electron chi connectivity index (χ4n) is 2.17. The minimum absolute atomic E-state index is 0.230. The summed E-state index contributed by atoms with van der Waals surface area (Å²) in [4.78, 5) is 34.7. The van der Waals surface area contributed by atoms with Gasteiger partial charge in [-0.15, -0.1) is 0 Å². The first-order valence-electron chi connectivity index (χ1n) is 8.70. The maximum Gasteiger partial charge on any atom is 0.411 e. The van der Waals surface area contributed by atoms with Crippen molar-refractivity contribution >= 4 is 23.7 Å². The van der Waals surface area contributed by atoms with Gasteiger partial charge in [0.05, 0.1) is 12.2 Å². The number of hydrogen-bond acceptors (Lipinski definition) is 5. The number of aliphatic carboxylic acids is 2. The summed E-state index contributed by atoms with van der Waals surface area (Å²) in [6, 6.07) is 6.10. The molecule has 1 aromatic rings. The second-order valence-corrected chi connectivity index (χ2v) is 6.37. The van der Waals surface area contributed by atoms with E-state index in [0.717, 1.165) is 0 Å². The van der Waals surface area contributed by atoms with Gasteiger partial charge in [0.2, 0.25) is 0 Å². The van der Waals surface area contributed by atoms with Crippen LogP contribution >= 0.6 is 0 Å². The number of hydrogen-bond donors (Lipinski definition) is 3. The van der Waals surface area contributed by atoms with E-state index in [-0.39, 0.29) is 13.0 Å². The van der Waals surface area contributed by atoms with Crippen molar-refractivity contribution in [3.63, 3.8) is 0 Å². The molecule has 1 aromatic carbocycles. The van der Waals surface area contributed by atoms with Crippen LogP contribution in [0.3, 0.4) is 0 Å². The van der Waals surface area contributed by atoms with E-state index in [4.69, 9.17) is 9.47 Å². The first-order valence-corrected chi connectivity index (χ1v) is 8.70. The number of anilines is 1. The van der Waals surface area contributed by atoms with Gasteiger partial charge in [-0.2, -0.15) is 0 Å². The van der Waals surface area contributed by atoms with Crippen molar-refractivity contribution in [2.75, 3.05) is 11.9 Å². The van der Waals surface area contributed by atoms with Crippen LogP contribution in [-0.4, -0.2) is 46.1 Å². The Bertz CT molecular complexity index is 618. The standard InChI is InChI=1S/C17H23NO7.C2H6/c1-5-24-15(23)18-12-8-6-11(7-9-12)10-17(13(19)20,14(21)22)25-16(2,3)4;1-2/h6-9H,5,10H2,1-4H3,(H,18,23)(H,19,20)(H,21,22);1-2H3. The number of benzene rings is 1. The zero-order chi connectivity index (χ0) is 21.3. The predicted octanol–water partition coefficient (Wildman–Crippen LogP) is 3.55. The molecule has 27 heavy (non-hydrogen) atoms. The molecule has 8 heteroatoms. The van der Waals surface area contributed by atoms with Crippen LogP contribution in [0.25, 0.3) is 0 Å². The molecule has 0 fully saturated rings. The zero-order valence-electron chi connectivity index (χ0n) is 16.7. The molecule has 0 spiro atoms. The zero-order valence-corrected chi connectivity index (χ0v) is 16.7. The highest BCUT2D eigenvalue weighted by molar-refractivity contribution is 6.02. The molecule has 0 aliphatic rings. The molecule has 0 aliphatic heterocycles. The number of amides is 1. The number of carboxylic acid groups (broad SMARTS) is 2. The Morgan fingerprint density at radius 2 is 1.48 bits per heavy atom. The Balaban J connectivity index is 0.00000326. The summed E-state index contributed by atoms with van der Waals surface area (Å²) < 4.78 is 10.1. The van der Waals surface area contributed by atoms with E-state index in [0.29, 0.717) is 11.3 Å². The summed E-state index contributed by atoms with van der Waals surface area (Å²) in [6.45, 7) is 10.7. The molecule has 0 bridgehead atoms. The Hall–Kier alpha value is -2.61. The van der Waals surface area contributed by atoms with Gasteiger partial charge in [-0.3, -0.25) is 5.32 Å². The van der Waals surface area contributed by atoms with Gasteiger partial charge in [0, 0.05) is 12.1 Å². The number of ether oxygens (including phenoxy) is 2. The summed E-state index contributed by atoms with van der Waals surface area (Å²) >= 11 is 0. The monoisotopic (exact) mass is 383 g/mol. The van der Waals surface area contributed by atoms with E-state index < -0.39 is 29.2 Å². The highest BCUT2D eigenvalue weighted by Gasteiger charge is 2.50. The van der Waals surface area contributed by atoms with Crippen LogP contribution in [0, 0.1) is 0 Å². The van der Waals surface area contributed by atoms with E-state index in [1.807, 2.05) is 13.8 Å². The fraction of sp³-hybridized carbons (Fsp3) is 0.526. The van der Waals surface area contributed by atoms with Crippen molar-refractivity contribution in [3.8, 4) is 0 Å². The summed E-state index contributed by atoms with van der Waals surface area (Å²) in [6.07, 6.45) is -0.981. The lowest BCUT2D eigenvalue weighted by atomic mass is 9.93. The van der Waals surface area contributed by atoms with E-state index in [2.05, 4.69) is 5.32 Å². The molecule has 0 saturated heterocycles. The summed E-state index contributed by atoms with van der Waals surface area (Å²) in [7, 11) is 0. The molecule has 8 nitrogen and oxygen atoms in total. The first kappa shape index (κ1) is 24.4. The van der Waals surface area contributed by atoms with Crippen molar-refractivity contribution < 1.29 is 34.1 Å². The molecule has 0 heterocycles. The van der Waals surface area contributed by atoms with Gasteiger partial charge in [0.25, 0.3) is 5.60 Å². The third-order valence-corrected chi connectivity index (χ3v) is 3.10. The number of nitrogens with one attached hydrogen (secondary N) is 1. The molecular formula is C19H29NO7. The first-order chi connectivity index (χ1) is 12.5. The van der Waals surface area contributed by atoms with Gasteiger partial charge in [-0.1, -0.05) is 26.0 Å². The number of carbonyl (C=O) groups is 3. The second-order valence-electron chi connectivity index (χ2n) is 6.37. The largest absolute Gasteiger partial charge is 0.479 e. The number of rotatable bonds is 7. The summed E-state index contributed by atoms with van der Waals surface area (Å²) in [5, 5.41) is 21.4. The van der Waals surface area contributed by atoms with Gasteiger partial charge in [-0.05, 0) is 45.4 Å². The fourth-order valence-corrected chi connectivity index (χ4v) is 2.17. The third-order valence-electron chi connectivity index (χ3n) is 3.10. The maximum absolute atomic E-state index is 11.6. The highest BCUT2D eigenvalue weighted by atomic mass is 16.6. The lowest BCUT2D eigenvalue weighted by Crippen LogP contribution is -2.54. The molecule has 1 amide bonds. The van der Waals surface area contributed by atoms with Crippen LogP contribution in [-0.2, 0) is 25.5 Å². The average molecular weight is 383 g/mol. The smallest absolute Gasteiger partial charge is 0.411 e. The lowest BCUT2D eigenvalue weighted by molar-refractivity contribution is -0.199. The van der Waals surface area contributed by atoms with Crippen LogP contribution in [0.2, 0.25) is 0 Å². The molecule has 0 atom stereocenters. The molecule has 3 N–H and O–H groups in total. The molecule has 0 radical (unpaired) electrons. The van der Waals surface area contributed by atoms with Crippen LogP contribution in [0.1, 0.15) is 47.1 Å². The third kappa shape index (κ3) is 7.65. The SMILES string of the molecule is CC.CCOC(=O)Nc1ccc(CC(OC(C)(C)C)(C(=O)O)C(=O)O)cc1. The minimum Gasteiger partial charge on any atom is -0.479 e.